The largest absolute Gasteiger partial charge is 0.489 e. The van der Waals surface area contributed by atoms with Gasteiger partial charge in [0.05, 0.1) is 5.56 Å². The molecular weight excluding hydrogens is 363 g/mol. The predicted octanol–water partition coefficient (Wildman–Crippen LogP) is 6.92. The van der Waals surface area contributed by atoms with Gasteiger partial charge < -0.3 is 4.74 Å². The summed E-state index contributed by atoms with van der Waals surface area (Å²) in [5.74, 6) is 1.31. The molecular formula is C23H28F3NO. The second kappa shape index (κ2) is 10.9. The molecule has 0 spiro atoms. The molecule has 2 nitrogen and oxygen atoms in total. The van der Waals surface area contributed by atoms with E-state index in [1.54, 1.807) is 0 Å². The number of hydrogen-bond donors (Lipinski definition) is 0. The Hall–Kier alpha value is -2.30. The zero-order valence-electron chi connectivity index (χ0n) is 16.5. The van der Waals surface area contributed by atoms with E-state index < -0.39 is 11.7 Å². The SMILES string of the molecule is CCCCC(CC)C/N=C/c1ccc(OCc2ccc(C(F)(F)F)cc2)cc1. The van der Waals surface area contributed by atoms with Crippen molar-refractivity contribution < 1.29 is 17.9 Å². The second-order valence-corrected chi connectivity index (χ2v) is 6.96. The third-order valence-electron chi connectivity index (χ3n) is 4.71. The molecule has 0 amide bonds. The van der Waals surface area contributed by atoms with E-state index in [-0.39, 0.29) is 6.61 Å². The molecule has 0 aliphatic heterocycles. The van der Waals surface area contributed by atoms with Crippen molar-refractivity contribution in [3.05, 3.63) is 65.2 Å². The summed E-state index contributed by atoms with van der Waals surface area (Å²) in [6.07, 6.45) is 2.40. The molecule has 0 fully saturated rings. The number of benzene rings is 2. The van der Waals surface area contributed by atoms with E-state index in [1.165, 1.54) is 31.4 Å². The molecule has 0 aliphatic rings. The molecule has 0 aliphatic carbocycles. The van der Waals surface area contributed by atoms with Gasteiger partial charge in [-0.2, -0.15) is 13.2 Å². The van der Waals surface area contributed by atoms with Crippen molar-refractivity contribution in [2.24, 2.45) is 10.9 Å². The Balaban J connectivity index is 1.83. The van der Waals surface area contributed by atoms with Crippen LogP contribution in [0.15, 0.2) is 53.5 Å². The molecule has 0 saturated carbocycles. The van der Waals surface area contributed by atoms with Crippen LogP contribution in [0.2, 0.25) is 0 Å². The fraction of sp³-hybridized carbons (Fsp3) is 0.435. The van der Waals surface area contributed by atoms with E-state index in [4.69, 9.17) is 4.74 Å². The van der Waals surface area contributed by atoms with E-state index in [0.29, 0.717) is 17.2 Å². The summed E-state index contributed by atoms with van der Waals surface area (Å²) in [6.45, 7) is 5.49. The first-order chi connectivity index (χ1) is 13.4. The Bertz CT molecular complexity index is 721. The first-order valence-corrected chi connectivity index (χ1v) is 9.81. The van der Waals surface area contributed by atoms with Gasteiger partial charge in [-0.1, -0.05) is 45.2 Å². The summed E-state index contributed by atoms with van der Waals surface area (Å²) in [6, 6.07) is 12.6. The van der Waals surface area contributed by atoms with Crippen LogP contribution < -0.4 is 4.74 Å². The topological polar surface area (TPSA) is 21.6 Å². The van der Waals surface area contributed by atoms with E-state index >= 15 is 0 Å². The van der Waals surface area contributed by atoms with Gasteiger partial charge in [0.15, 0.2) is 0 Å². The van der Waals surface area contributed by atoms with Gasteiger partial charge >= 0.3 is 6.18 Å². The van der Waals surface area contributed by atoms with Crippen LogP contribution in [-0.4, -0.2) is 12.8 Å². The number of nitrogens with zero attached hydrogens (tertiary/aromatic N) is 1. The highest BCUT2D eigenvalue weighted by Crippen LogP contribution is 2.29. The molecule has 2 aromatic rings. The summed E-state index contributed by atoms with van der Waals surface area (Å²) >= 11 is 0. The number of halogens is 3. The second-order valence-electron chi connectivity index (χ2n) is 6.96. The summed E-state index contributed by atoms with van der Waals surface area (Å²) in [5.41, 5.74) is 1.04. The van der Waals surface area contributed by atoms with Gasteiger partial charge in [0.1, 0.15) is 12.4 Å². The molecule has 1 atom stereocenters. The average Bonchev–Trinajstić information content (AvgIpc) is 2.69. The molecule has 0 heterocycles. The number of alkyl halides is 3. The zero-order chi connectivity index (χ0) is 20.4. The molecule has 2 rings (SSSR count). The number of rotatable bonds is 10. The van der Waals surface area contributed by atoms with Crippen LogP contribution in [0.25, 0.3) is 0 Å². The van der Waals surface area contributed by atoms with Crippen molar-refractivity contribution >= 4 is 6.21 Å². The van der Waals surface area contributed by atoms with Crippen LogP contribution >= 0.6 is 0 Å². The number of ether oxygens (including phenoxy) is 1. The number of aliphatic imine (C=N–C) groups is 1. The van der Waals surface area contributed by atoms with Gasteiger partial charge in [0, 0.05) is 12.8 Å². The maximum atomic E-state index is 12.6. The molecule has 0 N–H and O–H groups in total. The van der Waals surface area contributed by atoms with Gasteiger partial charge in [0.25, 0.3) is 0 Å². The highest BCUT2D eigenvalue weighted by atomic mass is 19.4. The van der Waals surface area contributed by atoms with Crippen molar-refractivity contribution in [2.45, 2.75) is 52.3 Å². The quantitative estimate of drug-likeness (QED) is 0.403. The molecule has 0 bridgehead atoms. The predicted molar refractivity (Wildman–Crippen MR) is 108 cm³/mol. The lowest BCUT2D eigenvalue weighted by Crippen LogP contribution is -2.05. The maximum absolute atomic E-state index is 12.6. The van der Waals surface area contributed by atoms with Crippen LogP contribution in [0.4, 0.5) is 13.2 Å². The number of unbranched alkanes of at least 4 members (excludes halogenated alkanes) is 1. The van der Waals surface area contributed by atoms with Crippen molar-refractivity contribution in [1.82, 2.24) is 0 Å². The summed E-state index contributed by atoms with van der Waals surface area (Å²) in [5, 5.41) is 0. The smallest absolute Gasteiger partial charge is 0.416 e. The van der Waals surface area contributed by atoms with Gasteiger partial charge in [-0.3, -0.25) is 4.99 Å². The van der Waals surface area contributed by atoms with Gasteiger partial charge in [-0.25, -0.2) is 0 Å². The molecule has 28 heavy (non-hydrogen) atoms. The summed E-state index contributed by atoms with van der Waals surface area (Å²) in [4.78, 5) is 4.56. The van der Waals surface area contributed by atoms with E-state index in [2.05, 4.69) is 18.8 Å². The Morgan fingerprint density at radius 3 is 2.25 bits per heavy atom. The van der Waals surface area contributed by atoms with Gasteiger partial charge in [0.2, 0.25) is 0 Å². The first kappa shape index (κ1) is 22.0. The van der Waals surface area contributed by atoms with Crippen LogP contribution in [-0.2, 0) is 12.8 Å². The average molecular weight is 391 g/mol. The highest BCUT2D eigenvalue weighted by molar-refractivity contribution is 5.79. The summed E-state index contributed by atoms with van der Waals surface area (Å²) < 4.78 is 43.4. The van der Waals surface area contributed by atoms with Crippen LogP contribution in [0.3, 0.4) is 0 Å². The minimum Gasteiger partial charge on any atom is -0.489 e. The van der Waals surface area contributed by atoms with Crippen LogP contribution in [0, 0.1) is 5.92 Å². The van der Waals surface area contributed by atoms with Crippen molar-refractivity contribution in [1.29, 1.82) is 0 Å². The third-order valence-corrected chi connectivity index (χ3v) is 4.71. The molecule has 152 valence electrons. The Morgan fingerprint density at radius 2 is 1.68 bits per heavy atom. The molecule has 0 radical (unpaired) electrons. The minimum absolute atomic E-state index is 0.223. The third kappa shape index (κ3) is 7.37. The van der Waals surface area contributed by atoms with Crippen molar-refractivity contribution in [3.63, 3.8) is 0 Å². The molecule has 0 aromatic heterocycles. The van der Waals surface area contributed by atoms with E-state index in [9.17, 15) is 13.2 Å². The van der Waals surface area contributed by atoms with Gasteiger partial charge in [-0.15, -0.1) is 0 Å². The van der Waals surface area contributed by atoms with Crippen LogP contribution in [0.5, 0.6) is 5.75 Å². The Kier molecular flexibility index (Phi) is 8.55. The molecule has 1 unspecified atom stereocenters. The molecule has 0 saturated heterocycles. The first-order valence-electron chi connectivity index (χ1n) is 9.81. The lowest BCUT2D eigenvalue weighted by Gasteiger charge is -2.11. The lowest BCUT2D eigenvalue weighted by atomic mass is 10.00. The fourth-order valence-electron chi connectivity index (χ4n) is 2.83. The van der Waals surface area contributed by atoms with Crippen LogP contribution in [0.1, 0.15) is 56.2 Å². The minimum atomic E-state index is -4.32. The summed E-state index contributed by atoms with van der Waals surface area (Å²) in [7, 11) is 0. The molecule has 2 aromatic carbocycles. The monoisotopic (exact) mass is 391 g/mol. The number of hydrogen-bond acceptors (Lipinski definition) is 2. The standard InChI is InChI=1S/C23H28F3NO/c1-3-5-6-18(4-2)15-27-16-19-9-13-22(14-10-19)28-17-20-7-11-21(12-8-20)23(24,25)26/h7-14,16,18H,3-6,15,17H2,1-2H3/b27-16+. The fourth-order valence-corrected chi connectivity index (χ4v) is 2.83. The Labute approximate surface area is 165 Å². The van der Waals surface area contributed by atoms with E-state index in [0.717, 1.165) is 30.7 Å². The zero-order valence-corrected chi connectivity index (χ0v) is 16.5. The van der Waals surface area contributed by atoms with E-state index in [1.807, 2.05) is 30.5 Å². The Morgan fingerprint density at radius 1 is 1.00 bits per heavy atom. The normalized spacial score (nSPS) is 13.0. The van der Waals surface area contributed by atoms with Crippen molar-refractivity contribution in [3.8, 4) is 5.75 Å². The maximum Gasteiger partial charge on any atom is 0.416 e. The highest BCUT2D eigenvalue weighted by Gasteiger charge is 2.29. The molecule has 5 heteroatoms. The van der Waals surface area contributed by atoms with Gasteiger partial charge in [-0.05, 0) is 59.9 Å². The van der Waals surface area contributed by atoms with Crippen molar-refractivity contribution in [2.75, 3.05) is 6.54 Å². The lowest BCUT2D eigenvalue weighted by molar-refractivity contribution is -0.137.